The Morgan fingerprint density at radius 1 is 1.16 bits per heavy atom. The lowest BCUT2D eigenvalue weighted by Crippen LogP contribution is -2.55. The molecule has 0 fully saturated rings. The van der Waals surface area contributed by atoms with Crippen LogP contribution in [0.25, 0.3) is 10.9 Å². The average molecular weight is 460 g/mol. The number of hydrogen-bond acceptors (Lipinski definition) is 4. The van der Waals surface area contributed by atoms with Gasteiger partial charge in [-0.2, -0.15) is 0 Å². The molecule has 160 valence electrons. The fourth-order valence-electron chi connectivity index (χ4n) is 4.47. The minimum Gasteiger partial charge on any atom is -0.454 e. The zero-order valence-electron chi connectivity index (χ0n) is 16.5. The quantitative estimate of drug-likeness (QED) is 0.588. The Morgan fingerprint density at radius 2 is 1.94 bits per heavy atom. The minimum atomic E-state index is -1.31. The highest BCUT2D eigenvalue weighted by atomic mass is 35.5. The number of para-hydroxylation sites is 1. The fourth-order valence-corrected chi connectivity index (χ4v) is 4.70. The molecule has 9 heteroatoms. The van der Waals surface area contributed by atoms with Crippen molar-refractivity contribution in [3.05, 3.63) is 59.3 Å². The highest BCUT2D eigenvalue weighted by Gasteiger charge is 2.44. The van der Waals surface area contributed by atoms with Gasteiger partial charge >= 0.3 is 0 Å². The topological polar surface area (TPSA) is 83.7 Å². The molecule has 31 heavy (non-hydrogen) atoms. The third-order valence-corrected chi connectivity index (χ3v) is 6.21. The van der Waals surface area contributed by atoms with Crippen LogP contribution >= 0.6 is 23.2 Å². The van der Waals surface area contributed by atoms with Crippen molar-refractivity contribution < 1.29 is 19.1 Å². The second kappa shape index (κ2) is 7.66. The van der Waals surface area contributed by atoms with Gasteiger partial charge in [0.15, 0.2) is 16.3 Å². The summed E-state index contributed by atoms with van der Waals surface area (Å²) in [6, 6.07) is 12.0. The van der Waals surface area contributed by atoms with Gasteiger partial charge in [0.25, 0.3) is 5.91 Å². The van der Waals surface area contributed by atoms with E-state index in [0.29, 0.717) is 17.9 Å². The van der Waals surface area contributed by atoms with Crippen LogP contribution in [0.4, 0.5) is 0 Å². The number of alkyl halides is 2. The molecule has 2 aliphatic heterocycles. The number of halogens is 2. The number of nitrogens with zero attached hydrogens (tertiary/aromatic N) is 1. The summed E-state index contributed by atoms with van der Waals surface area (Å²) in [4.78, 5) is 29.7. The van der Waals surface area contributed by atoms with Crippen LogP contribution in [0.15, 0.2) is 42.5 Å². The smallest absolute Gasteiger partial charge is 0.257 e. The van der Waals surface area contributed by atoms with Crippen molar-refractivity contribution >= 4 is 45.9 Å². The van der Waals surface area contributed by atoms with Gasteiger partial charge in [-0.25, -0.2) is 0 Å². The number of amides is 2. The minimum absolute atomic E-state index is 0.135. The number of rotatable bonds is 3. The number of aromatic amines is 1. The number of ether oxygens (including phenoxy) is 2. The number of aromatic nitrogens is 1. The Morgan fingerprint density at radius 3 is 2.71 bits per heavy atom. The van der Waals surface area contributed by atoms with E-state index in [1.54, 1.807) is 13.1 Å². The SMILES string of the molecule is CNC(=O)C1Cc2c([nH]c3ccccc23)C(c2ccc3c(c2)OCO3)N1C(=O)C(Cl)Cl. The fraction of sp³-hybridized carbons (Fsp3) is 0.273. The first-order valence-corrected chi connectivity index (χ1v) is 10.7. The number of likely N-dealkylation sites (N-methyl/N-ethyl adjacent to an activating group) is 1. The van der Waals surface area contributed by atoms with E-state index in [2.05, 4.69) is 10.3 Å². The molecule has 2 aliphatic rings. The van der Waals surface area contributed by atoms with Gasteiger partial charge in [0.2, 0.25) is 12.7 Å². The highest BCUT2D eigenvalue weighted by molar-refractivity contribution is 6.53. The van der Waals surface area contributed by atoms with Crippen molar-refractivity contribution in [3.63, 3.8) is 0 Å². The number of nitrogens with one attached hydrogen (secondary N) is 2. The Hall–Kier alpha value is -2.90. The maximum atomic E-state index is 13.2. The first-order valence-electron chi connectivity index (χ1n) is 9.80. The van der Waals surface area contributed by atoms with Crippen LogP contribution in [-0.4, -0.2) is 46.4 Å². The van der Waals surface area contributed by atoms with Crippen LogP contribution in [-0.2, 0) is 16.0 Å². The number of carbonyl (C=O) groups excluding carboxylic acids is 2. The van der Waals surface area contributed by atoms with E-state index in [-0.39, 0.29) is 12.7 Å². The van der Waals surface area contributed by atoms with Crippen molar-refractivity contribution in [1.82, 2.24) is 15.2 Å². The average Bonchev–Trinajstić information content (AvgIpc) is 3.40. The summed E-state index contributed by atoms with van der Waals surface area (Å²) < 4.78 is 11.0. The molecular weight excluding hydrogens is 441 g/mol. The highest BCUT2D eigenvalue weighted by Crippen LogP contribution is 2.44. The Labute approximate surface area is 188 Å². The standard InChI is InChI=1S/C22H19Cl2N3O4/c1-25-21(28)15-9-13-12-4-2-3-5-14(12)26-18(13)19(27(15)22(29)20(23)24)11-6-7-16-17(8-11)31-10-30-16/h2-8,15,19-20,26H,9-10H2,1H3,(H,25,28). The number of fused-ring (bicyclic) bond motifs is 4. The lowest BCUT2D eigenvalue weighted by Gasteiger charge is -2.41. The van der Waals surface area contributed by atoms with E-state index in [4.69, 9.17) is 32.7 Å². The van der Waals surface area contributed by atoms with Gasteiger partial charge in [-0.1, -0.05) is 47.5 Å². The summed E-state index contributed by atoms with van der Waals surface area (Å²) in [6.45, 7) is 0.135. The van der Waals surface area contributed by atoms with E-state index in [9.17, 15) is 9.59 Å². The summed E-state index contributed by atoms with van der Waals surface area (Å²) >= 11 is 12.0. The lowest BCUT2D eigenvalue weighted by atomic mass is 9.87. The molecule has 2 unspecified atom stereocenters. The van der Waals surface area contributed by atoms with E-state index < -0.39 is 22.8 Å². The summed E-state index contributed by atoms with van der Waals surface area (Å²) in [7, 11) is 1.55. The molecule has 0 saturated carbocycles. The summed E-state index contributed by atoms with van der Waals surface area (Å²) in [5, 5.41) is 3.68. The third-order valence-electron chi connectivity index (χ3n) is 5.83. The van der Waals surface area contributed by atoms with Gasteiger partial charge < -0.3 is 24.7 Å². The molecular formula is C22H19Cl2N3O4. The predicted molar refractivity (Wildman–Crippen MR) is 117 cm³/mol. The molecule has 0 spiro atoms. The first kappa shape index (κ1) is 20.0. The first-order chi connectivity index (χ1) is 15.0. The molecule has 0 bridgehead atoms. The number of carbonyl (C=O) groups is 2. The van der Waals surface area contributed by atoms with Crippen LogP contribution in [0.5, 0.6) is 11.5 Å². The molecule has 0 radical (unpaired) electrons. The molecule has 7 nitrogen and oxygen atoms in total. The second-order valence-corrected chi connectivity index (χ2v) is 8.55. The molecule has 2 aromatic carbocycles. The molecule has 5 rings (SSSR count). The van der Waals surface area contributed by atoms with Crippen LogP contribution in [0.1, 0.15) is 22.9 Å². The molecule has 3 aromatic rings. The zero-order valence-corrected chi connectivity index (χ0v) is 18.0. The lowest BCUT2D eigenvalue weighted by molar-refractivity contribution is -0.141. The van der Waals surface area contributed by atoms with E-state index in [1.165, 1.54) is 4.90 Å². The molecule has 1 aromatic heterocycles. The van der Waals surface area contributed by atoms with Crippen LogP contribution in [0, 0.1) is 0 Å². The van der Waals surface area contributed by atoms with Crippen LogP contribution in [0.2, 0.25) is 0 Å². The van der Waals surface area contributed by atoms with Gasteiger partial charge in [0, 0.05) is 30.1 Å². The normalized spacial score (nSPS) is 19.5. The Bertz CT molecular complexity index is 1190. The van der Waals surface area contributed by atoms with Gasteiger partial charge in [-0.15, -0.1) is 0 Å². The summed E-state index contributed by atoms with van der Waals surface area (Å²) in [5.74, 6) is 0.385. The maximum absolute atomic E-state index is 13.2. The number of H-pyrrole nitrogens is 1. The van der Waals surface area contributed by atoms with Crippen molar-refractivity contribution in [3.8, 4) is 11.5 Å². The zero-order chi connectivity index (χ0) is 21.7. The van der Waals surface area contributed by atoms with Gasteiger partial charge in [-0.05, 0) is 29.3 Å². The van der Waals surface area contributed by atoms with E-state index in [0.717, 1.165) is 27.7 Å². The number of hydrogen-bond donors (Lipinski definition) is 2. The molecule has 2 N–H and O–H groups in total. The third kappa shape index (κ3) is 3.20. The Kier molecular flexibility index (Phi) is 4.95. The van der Waals surface area contributed by atoms with Crippen molar-refractivity contribution in [2.45, 2.75) is 23.3 Å². The van der Waals surface area contributed by atoms with Crippen molar-refractivity contribution in [2.24, 2.45) is 0 Å². The summed E-state index contributed by atoms with van der Waals surface area (Å²) in [6.07, 6.45) is 0.340. The number of benzene rings is 2. The molecule has 0 saturated heterocycles. The van der Waals surface area contributed by atoms with E-state index in [1.807, 2.05) is 36.4 Å². The van der Waals surface area contributed by atoms with Gasteiger partial charge in [-0.3, -0.25) is 9.59 Å². The van der Waals surface area contributed by atoms with E-state index >= 15 is 0 Å². The van der Waals surface area contributed by atoms with Crippen molar-refractivity contribution in [1.29, 1.82) is 0 Å². The van der Waals surface area contributed by atoms with Crippen molar-refractivity contribution in [2.75, 3.05) is 13.8 Å². The van der Waals surface area contributed by atoms with Gasteiger partial charge in [0.05, 0.1) is 6.04 Å². The monoisotopic (exact) mass is 459 g/mol. The molecule has 2 atom stereocenters. The maximum Gasteiger partial charge on any atom is 0.257 e. The van der Waals surface area contributed by atoms with Crippen LogP contribution < -0.4 is 14.8 Å². The molecule has 0 aliphatic carbocycles. The largest absolute Gasteiger partial charge is 0.454 e. The molecule has 3 heterocycles. The van der Waals surface area contributed by atoms with Crippen LogP contribution in [0.3, 0.4) is 0 Å². The Balaban J connectivity index is 1.75. The predicted octanol–water partition coefficient (Wildman–Crippen LogP) is 3.29. The summed E-state index contributed by atoms with van der Waals surface area (Å²) in [5.41, 5.74) is 3.49. The molecule has 2 amide bonds. The van der Waals surface area contributed by atoms with Gasteiger partial charge in [0.1, 0.15) is 6.04 Å². The second-order valence-electron chi connectivity index (χ2n) is 7.46.